The molecule has 0 bridgehead atoms. The van der Waals surface area contributed by atoms with E-state index in [0.717, 1.165) is 12.0 Å². The van der Waals surface area contributed by atoms with Crippen LogP contribution in [0.1, 0.15) is 41.3 Å². The van der Waals surface area contributed by atoms with Gasteiger partial charge in [0.25, 0.3) is 11.8 Å². The summed E-state index contributed by atoms with van der Waals surface area (Å²) in [5.74, 6) is -1.52. The van der Waals surface area contributed by atoms with Gasteiger partial charge in [0.2, 0.25) is 5.91 Å². The summed E-state index contributed by atoms with van der Waals surface area (Å²) < 4.78 is 0. The topological polar surface area (TPSA) is 145 Å². The molecule has 0 aromatic heterocycles. The lowest BCUT2D eigenvalue weighted by atomic mass is 9.98. The molecule has 0 saturated carbocycles. The lowest BCUT2D eigenvalue weighted by Gasteiger charge is -2.30. The lowest BCUT2D eigenvalue weighted by molar-refractivity contribution is -0.146. The van der Waals surface area contributed by atoms with Crippen molar-refractivity contribution in [1.82, 2.24) is 15.5 Å². The van der Waals surface area contributed by atoms with E-state index in [9.17, 15) is 24.6 Å². The number of rotatable bonds is 9. The van der Waals surface area contributed by atoms with E-state index in [1.807, 2.05) is 37.3 Å². The van der Waals surface area contributed by atoms with Gasteiger partial charge < -0.3 is 31.5 Å². The van der Waals surface area contributed by atoms with Gasteiger partial charge in [-0.05, 0) is 43.9 Å². The third kappa shape index (κ3) is 6.37. The molecule has 0 unspecified atom stereocenters. The molecule has 188 valence electrons. The second kappa shape index (κ2) is 11.8. The number of amides is 3. The highest BCUT2D eigenvalue weighted by atomic mass is 16.3. The third-order valence-corrected chi connectivity index (χ3v) is 6.27. The number of hydrogen-bond acceptors (Lipinski definition) is 6. The molecule has 6 N–H and O–H groups in total. The predicted molar refractivity (Wildman–Crippen MR) is 132 cm³/mol. The maximum atomic E-state index is 13.4. The number of nitrogens with one attached hydrogen (secondary N) is 2. The number of carbonyl (C=O) groups excluding carboxylic acids is 3. The molecule has 0 radical (unpaired) electrons. The van der Waals surface area contributed by atoms with Gasteiger partial charge in [-0.2, -0.15) is 0 Å². The van der Waals surface area contributed by atoms with E-state index in [1.165, 1.54) is 11.0 Å². The summed E-state index contributed by atoms with van der Waals surface area (Å²) in [6.45, 7) is 4.16. The van der Waals surface area contributed by atoms with Crippen molar-refractivity contribution >= 4 is 17.7 Å². The van der Waals surface area contributed by atoms with Gasteiger partial charge in [0.15, 0.2) is 6.10 Å². The van der Waals surface area contributed by atoms with Gasteiger partial charge in [-0.1, -0.05) is 43.3 Å². The van der Waals surface area contributed by atoms with E-state index in [4.69, 9.17) is 5.73 Å². The Morgan fingerprint density at radius 2 is 1.86 bits per heavy atom. The molecule has 1 heterocycles. The molecular formula is C26H34N4O5. The van der Waals surface area contributed by atoms with Crippen molar-refractivity contribution in [3.63, 3.8) is 0 Å². The van der Waals surface area contributed by atoms with Gasteiger partial charge in [0.05, 0.1) is 6.04 Å². The van der Waals surface area contributed by atoms with Crippen molar-refractivity contribution < 1.29 is 24.6 Å². The van der Waals surface area contributed by atoms with E-state index < -0.39 is 30.0 Å². The van der Waals surface area contributed by atoms with Crippen molar-refractivity contribution in [3.8, 4) is 5.75 Å². The summed E-state index contributed by atoms with van der Waals surface area (Å²) in [5, 5.41) is 26.7. The molecule has 0 spiro atoms. The van der Waals surface area contributed by atoms with Gasteiger partial charge >= 0.3 is 0 Å². The largest absolute Gasteiger partial charge is 0.508 e. The van der Waals surface area contributed by atoms with Gasteiger partial charge in [-0.25, -0.2) is 0 Å². The van der Waals surface area contributed by atoms with E-state index in [0.29, 0.717) is 18.5 Å². The Labute approximate surface area is 205 Å². The van der Waals surface area contributed by atoms with Crippen molar-refractivity contribution in [2.75, 3.05) is 13.1 Å². The second-order valence-electron chi connectivity index (χ2n) is 8.96. The molecular weight excluding hydrogens is 448 g/mol. The fourth-order valence-electron chi connectivity index (χ4n) is 4.29. The average Bonchev–Trinajstić information content (AvgIpc) is 3.25. The maximum absolute atomic E-state index is 13.4. The monoisotopic (exact) mass is 482 g/mol. The SMILES string of the molecule is CCCNC(=O)[C@@H]1C[C@@H](N)CN1C(=O)[C@@H](O)[C@H](Cc1ccccc1)NC(=O)c1cccc(O)c1C. The van der Waals surface area contributed by atoms with Crippen LogP contribution in [0.2, 0.25) is 0 Å². The molecule has 1 saturated heterocycles. The molecule has 2 aromatic rings. The first-order valence-electron chi connectivity index (χ1n) is 11.9. The Morgan fingerprint density at radius 1 is 1.14 bits per heavy atom. The van der Waals surface area contributed by atoms with E-state index in [1.54, 1.807) is 19.1 Å². The third-order valence-electron chi connectivity index (χ3n) is 6.27. The summed E-state index contributed by atoms with van der Waals surface area (Å²) in [6.07, 6.45) is -0.375. The fraction of sp³-hybridized carbons (Fsp3) is 0.423. The number of benzene rings is 2. The van der Waals surface area contributed by atoms with Crippen LogP contribution in [-0.4, -0.2) is 70.2 Å². The summed E-state index contributed by atoms with van der Waals surface area (Å²) in [6, 6.07) is 11.6. The van der Waals surface area contributed by atoms with Crippen LogP contribution in [0.25, 0.3) is 0 Å². The zero-order chi connectivity index (χ0) is 25.5. The zero-order valence-corrected chi connectivity index (χ0v) is 20.1. The molecule has 1 aliphatic rings. The fourth-order valence-corrected chi connectivity index (χ4v) is 4.29. The Morgan fingerprint density at radius 3 is 2.54 bits per heavy atom. The number of phenolic OH excluding ortho intramolecular Hbond substituents is 1. The number of likely N-dealkylation sites (tertiary alicyclic amines) is 1. The zero-order valence-electron chi connectivity index (χ0n) is 20.1. The number of nitrogens with zero attached hydrogens (tertiary/aromatic N) is 1. The minimum absolute atomic E-state index is 0.0270. The average molecular weight is 483 g/mol. The van der Waals surface area contributed by atoms with Crippen molar-refractivity contribution in [2.45, 2.75) is 57.3 Å². The van der Waals surface area contributed by atoms with Crippen molar-refractivity contribution in [2.24, 2.45) is 5.73 Å². The molecule has 9 heteroatoms. The maximum Gasteiger partial charge on any atom is 0.254 e. The van der Waals surface area contributed by atoms with Crippen LogP contribution in [0.5, 0.6) is 5.75 Å². The van der Waals surface area contributed by atoms with E-state index in [2.05, 4.69) is 10.6 Å². The molecule has 0 aliphatic carbocycles. The van der Waals surface area contributed by atoms with Crippen LogP contribution in [0.3, 0.4) is 0 Å². The number of carbonyl (C=O) groups is 3. The number of phenols is 1. The summed E-state index contributed by atoms with van der Waals surface area (Å²) in [7, 11) is 0. The van der Waals surface area contributed by atoms with Crippen LogP contribution in [-0.2, 0) is 16.0 Å². The molecule has 9 nitrogen and oxygen atoms in total. The summed E-state index contributed by atoms with van der Waals surface area (Å²) in [5.41, 5.74) is 7.50. The van der Waals surface area contributed by atoms with Crippen LogP contribution in [0.4, 0.5) is 0 Å². The number of aromatic hydroxyl groups is 1. The first-order valence-corrected chi connectivity index (χ1v) is 11.9. The highest BCUT2D eigenvalue weighted by Crippen LogP contribution is 2.22. The Balaban J connectivity index is 1.84. The Kier molecular flexibility index (Phi) is 8.84. The highest BCUT2D eigenvalue weighted by molar-refractivity contribution is 5.97. The first-order chi connectivity index (χ1) is 16.7. The lowest BCUT2D eigenvalue weighted by Crippen LogP contribution is -2.56. The minimum Gasteiger partial charge on any atom is -0.508 e. The Bertz CT molecular complexity index is 1050. The van der Waals surface area contributed by atoms with Gasteiger partial charge in [0.1, 0.15) is 11.8 Å². The molecule has 4 atom stereocenters. The second-order valence-corrected chi connectivity index (χ2v) is 8.96. The number of aliphatic hydroxyl groups excluding tert-OH is 1. The summed E-state index contributed by atoms with van der Waals surface area (Å²) in [4.78, 5) is 40.4. The molecule has 1 fully saturated rings. The number of nitrogens with two attached hydrogens (primary N) is 1. The Hall–Kier alpha value is -3.43. The molecule has 2 aromatic carbocycles. The summed E-state index contributed by atoms with van der Waals surface area (Å²) >= 11 is 0. The van der Waals surface area contributed by atoms with Gasteiger partial charge in [0, 0.05) is 30.3 Å². The van der Waals surface area contributed by atoms with Crippen molar-refractivity contribution in [3.05, 3.63) is 65.2 Å². The number of aliphatic hydroxyl groups is 1. The van der Waals surface area contributed by atoms with Crippen LogP contribution >= 0.6 is 0 Å². The molecule has 1 aliphatic heterocycles. The number of hydrogen-bond donors (Lipinski definition) is 5. The molecule has 3 amide bonds. The van der Waals surface area contributed by atoms with E-state index >= 15 is 0 Å². The van der Waals surface area contributed by atoms with Gasteiger partial charge in [-0.15, -0.1) is 0 Å². The standard InChI is InChI=1S/C26H34N4O5/c1-3-12-28-25(34)21-14-18(27)15-30(21)26(35)23(32)20(13-17-8-5-4-6-9-17)29-24(33)19-10-7-11-22(31)16(19)2/h4-11,18,20-21,23,31-32H,3,12-15,27H2,1-2H3,(H,28,34)(H,29,33)/t18-,20+,21+,23+/m1/s1. The quantitative estimate of drug-likeness (QED) is 0.358. The van der Waals surface area contributed by atoms with Gasteiger partial charge in [-0.3, -0.25) is 14.4 Å². The minimum atomic E-state index is -1.61. The smallest absolute Gasteiger partial charge is 0.254 e. The van der Waals surface area contributed by atoms with E-state index in [-0.39, 0.29) is 36.2 Å². The first kappa shape index (κ1) is 26.2. The highest BCUT2D eigenvalue weighted by Gasteiger charge is 2.42. The van der Waals surface area contributed by atoms with Crippen LogP contribution < -0.4 is 16.4 Å². The molecule has 3 rings (SSSR count). The van der Waals surface area contributed by atoms with Crippen LogP contribution in [0.15, 0.2) is 48.5 Å². The van der Waals surface area contributed by atoms with Crippen molar-refractivity contribution in [1.29, 1.82) is 0 Å². The predicted octanol–water partition coefficient (Wildman–Crippen LogP) is 0.857. The normalized spacial score (nSPS) is 19.1. The molecule has 35 heavy (non-hydrogen) atoms. The van der Waals surface area contributed by atoms with Crippen LogP contribution in [0, 0.1) is 6.92 Å².